The van der Waals surface area contributed by atoms with Gasteiger partial charge < -0.3 is 5.11 Å². The molecule has 2 nitrogen and oxygen atoms in total. The molecule has 0 saturated heterocycles. The molecule has 0 atom stereocenters. The number of rotatable bonds is 17. The molecule has 0 aromatic heterocycles. The van der Waals surface area contributed by atoms with E-state index in [4.69, 9.17) is 5.11 Å². The van der Waals surface area contributed by atoms with Gasteiger partial charge in [0.1, 0.15) is 16.3 Å². The zero-order valence-electron chi connectivity index (χ0n) is 14.0. The molecule has 1 N–H and O–H groups in total. The number of carboxylic acid groups (broad SMARTS) is 1. The summed E-state index contributed by atoms with van der Waals surface area (Å²) in [4.78, 5) is 10.3. The Kier molecular flexibility index (Phi) is 18.1. The lowest BCUT2D eigenvalue weighted by atomic mass is 10.0. The van der Waals surface area contributed by atoms with Crippen LogP contribution in [0.1, 0.15) is 103 Å². The van der Waals surface area contributed by atoms with Crippen molar-refractivity contribution in [2.24, 2.45) is 0 Å². The smallest absolute Gasteiger partial charge is 0.303 e. The Morgan fingerprint density at radius 1 is 0.571 bits per heavy atom. The standard InChI is InChI=1S/C18H35O2.Al/c1-2-3-4-5-6-7-8-9-10-11-12-13-14-15-16-17-18(19)20;/h1-17H2,(H,19,20);. The minimum atomic E-state index is -0.653. The van der Waals surface area contributed by atoms with Gasteiger partial charge in [0.25, 0.3) is 0 Å². The molecule has 122 valence electrons. The Balaban J connectivity index is 2.95. The van der Waals surface area contributed by atoms with Crippen LogP contribution in [-0.2, 0) is 4.79 Å². The molecule has 2 radical (unpaired) electrons. The summed E-state index contributed by atoms with van der Waals surface area (Å²) < 4.78 is 0. The first-order chi connectivity index (χ1) is 10.3. The first kappa shape index (κ1) is 21.0. The minimum Gasteiger partial charge on any atom is -0.481 e. The third kappa shape index (κ3) is 20.0. The van der Waals surface area contributed by atoms with Gasteiger partial charge in [-0.3, -0.25) is 4.79 Å². The van der Waals surface area contributed by atoms with Crippen molar-refractivity contribution in [1.29, 1.82) is 0 Å². The Morgan fingerprint density at radius 2 is 0.857 bits per heavy atom. The summed E-state index contributed by atoms with van der Waals surface area (Å²) in [7, 11) is 0. The van der Waals surface area contributed by atoms with E-state index in [0.717, 1.165) is 12.8 Å². The lowest BCUT2D eigenvalue weighted by Crippen LogP contribution is -1.93. The van der Waals surface area contributed by atoms with Gasteiger partial charge in [0.2, 0.25) is 0 Å². The van der Waals surface area contributed by atoms with Gasteiger partial charge in [-0.1, -0.05) is 89.9 Å². The van der Waals surface area contributed by atoms with Gasteiger partial charge in [-0.25, -0.2) is 0 Å². The Morgan fingerprint density at radius 3 is 1.14 bits per heavy atom. The van der Waals surface area contributed by atoms with Crippen molar-refractivity contribution in [3.05, 3.63) is 0 Å². The lowest BCUT2D eigenvalue weighted by Gasteiger charge is -2.03. The van der Waals surface area contributed by atoms with E-state index in [1.165, 1.54) is 88.8 Å². The summed E-state index contributed by atoms with van der Waals surface area (Å²) >= 11 is 2.81. The highest BCUT2D eigenvalue weighted by Gasteiger charge is 1.97. The molecule has 21 heavy (non-hydrogen) atoms. The molecule has 0 spiro atoms. The third-order valence-electron chi connectivity index (χ3n) is 4.09. The van der Waals surface area contributed by atoms with E-state index >= 15 is 0 Å². The van der Waals surface area contributed by atoms with Crippen LogP contribution in [0.4, 0.5) is 0 Å². The molecular formula is C18H35AlO2. The number of unbranched alkanes of at least 4 members (excludes halogenated alkanes) is 14. The summed E-state index contributed by atoms with van der Waals surface area (Å²) in [6.45, 7) is 0. The summed E-state index contributed by atoms with van der Waals surface area (Å²) in [5.41, 5.74) is 0. The van der Waals surface area contributed by atoms with Crippen LogP contribution in [0.25, 0.3) is 0 Å². The van der Waals surface area contributed by atoms with Gasteiger partial charge in [0, 0.05) is 6.42 Å². The topological polar surface area (TPSA) is 37.3 Å². The number of carbonyl (C=O) groups is 1. The van der Waals surface area contributed by atoms with Crippen molar-refractivity contribution in [1.82, 2.24) is 0 Å². The monoisotopic (exact) mass is 310 g/mol. The average molecular weight is 310 g/mol. The largest absolute Gasteiger partial charge is 0.481 e. The van der Waals surface area contributed by atoms with E-state index in [1.54, 1.807) is 0 Å². The van der Waals surface area contributed by atoms with E-state index < -0.39 is 5.97 Å². The van der Waals surface area contributed by atoms with E-state index in [1.807, 2.05) is 0 Å². The molecule has 0 fully saturated rings. The van der Waals surface area contributed by atoms with Crippen LogP contribution in [0.3, 0.4) is 0 Å². The second-order valence-corrected chi connectivity index (χ2v) is 6.81. The quantitative estimate of drug-likeness (QED) is 0.268. The van der Waals surface area contributed by atoms with Gasteiger partial charge in [0.15, 0.2) is 0 Å². The summed E-state index contributed by atoms with van der Waals surface area (Å²) in [5, 5.41) is 9.79. The molecule has 0 aromatic carbocycles. The number of hydrogen-bond acceptors (Lipinski definition) is 1. The molecule has 0 unspecified atom stereocenters. The maximum atomic E-state index is 10.3. The highest BCUT2D eigenvalue weighted by atomic mass is 27.0. The van der Waals surface area contributed by atoms with E-state index in [0.29, 0.717) is 6.42 Å². The van der Waals surface area contributed by atoms with Crippen LogP contribution in [0, 0.1) is 0 Å². The van der Waals surface area contributed by atoms with Crippen LogP contribution in [-0.4, -0.2) is 27.4 Å². The highest BCUT2D eigenvalue weighted by molar-refractivity contribution is 6.08. The second-order valence-electron chi connectivity index (χ2n) is 6.24. The molecule has 0 amide bonds. The van der Waals surface area contributed by atoms with E-state index in [2.05, 4.69) is 16.3 Å². The van der Waals surface area contributed by atoms with Crippen LogP contribution >= 0.6 is 0 Å². The van der Waals surface area contributed by atoms with Crippen molar-refractivity contribution in [2.75, 3.05) is 0 Å². The van der Waals surface area contributed by atoms with Gasteiger partial charge >= 0.3 is 5.97 Å². The first-order valence-corrected chi connectivity index (χ1v) is 10.0. The molecule has 3 heteroatoms. The summed E-state index contributed by atoms with van der Waals surface area (Å²) in [6.07, 6.45) is 20.2. The second kappa shape index (κ2) is 18.1. The minimum absolute atomic E-state index is 0.345. The normalized spacial score (nSPS) is 10.9. The zero-order chi connectivity index (χ0) is 15.6. The Bertz CT molecular complexity index is 219. The summed E-state index contributed by atoms with van der Waals surface area (Å²) in [5.74, 6) is -0.653. The highest BCUT2D eigenvalue weighted by Crippen LogP contribution is 2.13. The van der Waals surface area contributed by atoms with Crippen LogP contribution in [0.15, 0.2) is 0 Å². The number of carboxylic acids is 1. The van der Waals surface area contributed by atoms with Crippen LogP contribution in [0.2, 0.25) is 5.28 Å². The van der Waals surface area contributed by atoms with E-state index in [-0.39, 0.29) is 0 Å². The van der Waals surface area contributed by atoms with Crippen LogP contribution < -0.4 is 0 Å². The zero-order valence-corrected chi connectivity index (χ0v) is 15.1. The lowest BCUT2D eigenvalue weighted by molar-refractivity contribution is -0.137. The number of hydrogen-bond donors (Lipinski definition) is 1. The molecular weight excluding hydrogens is 275 g/mol. The molecule has 0 aromatic rings. The SMILES string of the molecule is O=C(O)CCCCCCCCCCCCCCCC[CH2][Al]. The average Bonchev–Trinajstić information content (AvgIpc) is 2.46. The third-order valence-corrected chi connectivity index (χ3v) is 4.50. The molecule has 0 aliphatic carbocycles. The van der Waals surface area contributed by atoms with Gasteiger partial charge in [-0.05, 0) is 6.42 Å². The van der Waals surface area contributed by atoms with Gasteiger partial charge in [-0.15, -0.1) is 5.28 Å². The molecule has 0 heterocycles. The van der Waals surface area contributed by atoms with Crippen molar-refractivity contribution in [3.63, 3.8) is 0 Å². The van der Waals surface area contributed by atoms with Gasteiger partial charge in [-0.2, -0.15) is 0 Å². The maximum absolute atomic E-state index is 10.3. The number of aliphatic carboxylic acids is 1. The molecule has 0 rings (SSSR count). The van der Waals surface area contributed by atoms with Crippen LogP contribution in [0.5, 0.6) is 0 Å². The first-order valence-electron chi connectivity index (χ1n) is 9.19. The van der Waals surface area contributed by atoms with E-state index in [9.17, 15) is 4.79 Å². The fraction of sp³-hybridized carbons (Fsp3) is 0.944. The fourth-order valence-electron chi connectivity index (χ4n) is 2.72. The maximum Gasteiger partial charge on any atom is 0.303 e. The van der Waals surface area contributed by atoms with Gasteiger partial charge in [0.05, 0.1) is 0 Å². The summed E-state index contributed by atoms with van der Waals surface area (Å²) in [6, 6.07) is 0. The predicted molar refractivity (Wildman–Crippen MR) is 92.1 cm³/mol. The molecule has 0 aliphatic rings. The molecule has 0 saturated carbocycles. The van der Waals surface area contributed by atoms with Crippen molar-refractivity contribution < 1.29 is 9.90 Å². The van der Waals surface area contributed by atoms with Crippen molar-refractivity contribution in [3.8, 4) is 0 Å². The predicted octanol–water partition coefficient (Wildman–Crippen LogP) is 5.90. The Labute approximate surface area is 140 Å². The Hall–Kier alpha value is 0.00247. The molecule has 0 aliphatic heterocycles. The fourth-order valence-corrected chi connectivity index (χ4v) is 3.01. The van der Waals surface area contributed by atoms with Crippen molar-refractivity contribution in [2.45, 2.75) is 108 Å². The molecule has 0 bridgehead atoms. The van der Waals surface area contributed by atoms with Crippen molar-refractivity contribution >= 4 is 22.3 Å².